The molecular formula is C21H13F3N2O4. The van der Waals surface area contributed by atoms with Gasteiger partial charge in [-0.3, -0.25) is 9.59 Å². The Morgan fingerprint density at radius 1 is 1.13 bits per heavy atom. The number of nitrogens with zero attached hydrogens (tertiary/aromatic N) is 2. The third-order valence-electron chi connectivity index (χ3n) is 4.27. The SMILES string of the molecule is CC(=O)Oc1ccc2c(=O)c(-c3cnn(-c4ccccc4)c3)c(C(F)(F)F)oc2c1. The number of carbonyl (C=O) groups is 1. The van der Waals surface area contributed by atoms with E-state index >= 15 is 0 Å². The van der Waals surface area contributed by atoms with E-state index in [0.29, 0.717) is 5.69 Å². The molecule has 0 spiro atoms. The van der Waals surface area contributed by atoms with Gasteiger partial charge in [0.15, 0.2) is 0 Å². The lowest BCUT2D eigenvalue weighted by molar-refractivity contribution is -0.152. The molecule has 152 valence electrons. The molecule has 4 aromatic rings. The Morgan fingerprint density at radius 2 is 1.87 bits per heavy atom. The quantitative estimate of drug-likeness (QED) is 0.362. The van der Waals surface area contributed by atoms with Crippen LogP contribution in [0.5, 0.6) is 5.75 Å². The molecule has 30 heavy (non-hydrogen) atoms. The van der Waals surface area contributed by atoms with E-state index in [-0.39, 0.29) is 22.3 Å². The van der Waals surface area contributed by atoms with Crippen LogP contribution in [0.25, 0.3) is 27.8 Å². The van der Waals surface area contributed by atoms with Crippen molar-refractivity contribution in [1.82, 2.24) is 9.78 Å². The summed E-state index contributed by atoms with van der Waals surface area (Å²) in [6, 6.07) is 12.4. The van der Waals surface area contributed by atoms with Crippen LogP contribution in [-0.2, 0) is 11.0 Å². The third kappa shape index (κ3) is 3.57. The normalized spacial score (nSPS) is 11.6. The van der Waals surface area contributed by atoms with Crippen molar-refractivity contribution in [1.29, 1.82) is 0 Å². The summed E-state index contributed by atoms with van der Waals surface area (Å²) >= 11 is 0. The molecule has 0 radical (unpaired) electrons. The zero-order valence-corrected chi connectivity index (χ0v) is 15.4. The van der Waals surface area contributed by atoms with Gasteiger partial charge in [0.1, 0.15) is 11.3 Å². The van der Waals surface area contributed by atoms with Gasteiger partial charge in [-0.1, -0.05) is 18.2 Å². The number of esters is 1. The monoisotopic (exact) mass is 414 g/mol. The van der Waals surface area contributed by atoms with E-state index in [2.05, 4.69) is 5.10 Å². The minimum absolute atomic E-state index is 0.0316. The Labute approximate surface area is 167 Å². The molecule has 0 aliphatic carbocycles. The fraction of sp³-hybridized carbons (Fsp3) is 0.0952. The largest absolute Gasteiger partial charge is 0.450 e. The number of carbonyl (C=O) groups excluding carboxylic acids is 1. The number of alkyl halides is 3. The van der Waals surface area contributed by atoms with Crippen LogP contribution in [0.15, 0.2) is 70.1 Å². The molecular weight excluding hydrogens is 401 g/mol. The van der Waals surface area contributed by atoms with Gasteiger partial charge < -0.3 is 9.15 Å². The van der Waals surface area contributed by atoms with Gasteiger partial charge in [0.25, 0.3) is 0 Å². The number of hydrogen-bond acceptors (Lipinski definition) is 5. The Kier molecular flexibility index (Phi) is 4.65. The zero-order chi connectivity index (χ0) is 21.5. The van der Waals surface area contributed by atoms with Crippen LogP contribution in [0.1, 0.15) is 12.7 Å². The Hall–Kier alpha value is -3.88. The minimum Gasteiger partial charge on any atom is -0.450 e. The zero-order valence-electron chi connectivity index (χ0n) is 15.4. The molecule has 2 aromatic carbocycles. The molecule has 0 bridgehead atoms. The van der Waals surface area contributed by atoms with Gasteiger partial charge in [-0.15, -0.1) is 0 Å². The lowest BCUT2D eigenvalue weighted by Gasteiger charge is -2.12. The van der Waals surface area contributed by atoms with E-state index in [1.54, 1.807) is 30.3 Å². The summed E-state index contributed by atoms with van der Waals surface area (Å²) in [4.78, 5) is 24.1. The van der Waals surface area contributed by atoms with E-state index in [0.717, 1.165) is 13.0 Å². The average Bonchev–Trinajstić information content (AvgIpc) is 3.17. The van der Waals surface area contributed by atoms with Crippen LogP contribution in [0.4, 0.5) is 13.2 Å². The first-order valence-corrected chi connectivity index (χ1v) is 8.71. The van der Waals surface area contributed by atoms with Crippen molar-refractivity contribution in [3.8, 4) is 22.6 Å². The second kappa shape index (κ2) is 7.18. The van der Waals surface area contributed by atoms with Crippen LogP contribution < -0.4 is 10.2 Å². The Balaban J connectivity index is 1.93. The van der Waals surface area contributed by atoms with Crippen LogP contribution in [0.2, 0.25) is 0 Å². The topological polar surface area (TPSA) is 74.3 Å². The van der Waals surface area contributed by atoms with E-state index in [9.17, 15) is 22.8 Å². The second-order valence-corrected chi connectivity index (χ2v) is 6.39. The molecule has 6 nitrogen and oxygen atoms in total. The van der Waals surface area contributed by atoms with Crippen LogP contribution in [0.3, 0.4) is 0 Å². The summed E-state index contributed by atoms with van der Waals surface area (Å²) in [7, 11) is 0. The highest BCUT2D eigenvalue weighted by molar-refractivity contribution is 5.84. The van der Waals surface area contributed by atoms with Gasteiger partial charge >= 0.3 is 12.1 Å². The number of aromatic nitrogens is 2. The number of rotatable bonds is 3. The standard InChI is InChI=1S/C21H13F3N2O4/c1-12(27)29-15-7-8-16-17(9-15)30-20(21(22,23)24)18(19(16)28)13-10-25-26(11-13)14-5-3-2-4-6-14/h2-11H,1H3. The first kappa shape index (κ1) is 19.4. The number of hydrogen-bond donors (Lipinski definition) is 0. The van der Waals surface area contributed by atoms with Crippen molar-refractivity contribution >= 4 is 16.9 Å². The highest BCUT2D eigenvalue weighted by Gasteiger charge is 2.39. The lowest BCUT2D eigenvalue weighted by Crippen LogP contribution is -2.16. The van der Waals surface area contributed by atoms with Gasteiger partial charge in [-0.2, -0.15) is 18.3 Å². The van der Waals surface area contributed by atoms with E-state index < -0.39 is 28.9 Å². The molecule has 2 heterocycles. The van der Waals surface area contributed by atoms with E-state index in [4.69, 9.17) is 9.15 Å². The molecule has 0 saturated heterocycles. The number of para-hydroxylation sites is 1. The Morgan fingerprint density at radius 3 is 2.53 bits per heavy atom. The second-order valence-electron chi connectivity index (χ2n) is 6.39. The van der Waals surface area contributed by atoms with Crippen LogP contribution in [-0.4, -0.2) is 15.7 Å². The molecule has 0 aliphatic heterocycles. The Bertz CT molecular complexity index is 1310. The molecule has 0 aliphatic rings. The highest BCUT2D eigenvalue weighted by atomic mass is 19.4. The number of ether oxygens (including phenoxy) is 1. The smallest absolute Gasteiger partial charge is 0.450 e. The van der Waals surface area contributed by atoms with E-state index in [1.807, 2.05) is 0 Å². The average molecular weight is 414 g/mol. The summed E-state index contributed by atoms with van der Waals surface area (Å²) in [5.41, 5.74) is -1.27. The van der Waals surface area contributed by atoms with Gasteiger partial charge in [-0.05, 0) is 24.3 Å². The van der Waals surface area contributed by atoms with Gasteiger partial charge in [-0.25, -0.2) is 4.68 Å². The molecule has 4 rings (SSSR count). The summed E-state index contributed by atoms with van der Waals surface area (Å²) in [6.07, 6.45) is -2.43. The highest BCUT2D eigenvalue weighted by Crippen LogP contribution is 2.37. The summed E-state index contributed by atoms with van der Waals surface area (Å²) in [5, 5.41) is 3.98. The fourth-order valence-corrected chi connectivity index (χ4v) is 3.04. The minimum atomic E-state index is -4.94. The fourth-order valence-electron chi connectivity index (χ4n) is 3.04. The first-order chi connectivity index (χ1) is 14.2. The van der Waals surface area contributed by atoms with E-state index in [1.165, 1.54) is 29.2 Å². The van der Waals surface area contributed by atoms with Crippen molar-refractivity contribution in [2.24, 2.45) is 0 Å². The summed E-state index contributed by atoms with van der Waals surface area (Å²) < 4.78 is 52.5. The van der Waals surface area contributed by atoms with Crippen molar-refractivity contribution in [3.05, 3.63) is 76.9 Å². The van der Waals surface area contributed by atoms with Gasteiger partial charge in [0, 0.05) is 24.8 Å². The maximum atomic E-state index is 13.7. The number of fused-ring (bicyclic) bond motifs is 1. The predicted molar refractivity (Wildman–Crippen MR) is 101 cm³/mol. The lowest BCUT2D eigenvalue weighted by atomic mass is 10.0. The van der Waals surface area contributed by atoms with Gasteiger partial charge in [0.05, 0.1) is 22.8 Å². The van der Waals surface area contributed by atoms with Crippen LogP contribution >= 0.6 is 0 Å². The molecule has 2 aromatic heterocycles. The molecule has 0 atom stereocenters. The molecule has 0 fully saturated rings. The molecule has 0 amide bonds. The number of benzene rings is 2. The van der Waals surface area contributed by atoms with Crippen molar-refractivity contribution in [2.75, 3.05) is 0 Å². The molecule has 9 heteroatoms. The van der Waals surface area contributed by atoms with Crippen molar-refractivity contribution < 1.29 is 27.1 Å². The molecule has 0 N–H and O–H groups in total. The maximum Gasteiger partial charge on any atom is 0.450 e. The summed E-state index contributed by atoms with van der Waals surface area (Å²) in [5.74, 6) is -2.14. The predicted octanol–water partition coefficient (Wildman–Crippen LogP) is 4.59. The number of halogens is 3. The third-order valence-corrected chi connectivity index (χ3v) is 4.27. The van der Waals surface area contributed by atoms with Crippen molar-refractivity contribution in [2.45, 2.75) is 13.1 Å². The molecule has 0 unspecified atom stereocenters. The maximum absolute atomic E-state index is 13.7. The van der Waals surface area contributed by atoms with Crippen LogP contribution in [0, 0.1) is 0 Å². The van der Waals surface area contributed by atoms with Crippen molar-refractivity contribution in [3.63, 3.8) is 0 Å². The van der Waals surface area contributed by atoms with Gasteiger partial charge in [0.2, 0.25) is 11.2 Å². The molecule has 0 saturated carbocycles. The first-order valence-electron chi connectivity index (χ1n) is 8.71. The summed E-state index contributed by atoms with van der Waals surface area (Å²) in [6.45, 7) is 1.15.